The summed E-state index contributed by atoms with van der Waals surface area (Å²) in [6, 6.07) is 71.8. The van der Waals surface area contributed by atoms with E-state index in [1.807, 2.05) is 72.8 Å². The van der Waals surface area contributed by atoms with Gasteiger partial charge in [0.2, 0.25) is 0 Å². The predicted octanol–water partition coefficient (Wildman–Crippen LogP) is 15.1. The topological polar surface area (TPSA) is 51.6 Å². The van der Waals surface area contributed by atoms with Crippen LogP contribution in [-0.2, 0) is 0 Å². The first kappa shape index (κ1) is 38.1. The number of benzene rings is 8. The number of hydrogen-bond donors (Lipinski definition) is 0. The van der Waals surface area contributed by atoms with Gasteiger partial charge in [-0.15, -0.1) is 0 Å². The zero-order chi connectivity index (χ0) is 41.8. The summed E-state index contributed by atoms with van der Waals surface area (Å²) in [4.78, 5) is 20.2. The molecule has 0 aliphatic heterocycles. The van der Waals surface area contributed by atoms with Gasteiger partial charge in [0.15, 0.2) is 11.6 Å². The Hall–Kier alpha value is -8.08. The van der Waals surface area contributed by atoms with E-state index in [0.717, 1.165) is 67.3 Å². The molecular formula is C58H42N4. The molecule has 294 valence electrons. The lowest BCUT2D eigenvalue weighted by Crippen LogP contribution is -1.97. The maximum absolute atomic E-state index is 5.05. The van der Waals surface area contributed by atoms with Crippen molar-refractivity contribution in [3.05, 3.63) is 230 Å². The van der Waals surface area contributed by atoms with Crippen LogP contribution >= 0.6 is 0 Å². The molecule has 4 nitrogen and oxygen atoms in total. The third-order valence-corrected chi connectivity index (χ3v) is 11.5. The normalized spacial score (nSPS) is 11.9. The van der Waals surface area contributed by atoms with Crippen LogP contribution in [-0.4, -0.2) is 19.9 Å². The van der Waals surface area contributed by atoms with Crippen molar-refractivity contribution in [1.29, 1.82) is 0 Å². The second-order valence-electron chi connectivity index (χ2n) is 15.5. The van der Waals surface area contributed by atoms with Crippen LogP contribution in [0, 0.1) is 0 Å². The van der Waals surface area contributed by atoms with E-state index in [1.165, 1.54) is 32.7 Å². The molecule has 0 radical (unpaired) electrons. The fraction of sp³-hybridized carbons (Fsp3) is 0.0345. The number of fused-ring (bicyclic) bond motifs is 3. The lowest BCUT2D eigenvalue weighted by Gasteiger charge is -2.13. The Morgan fingerprint density at radius 1 is 0.323 bits per heavy atom. The molecule has 10 aromatic rings. The Bertz CT molecular complexity index is 3150. The van der Waals surface area contributed by atoms with Crippen LogP contribution < -0.4 is 0 Å². The van der Waals surface area contributed by atoms with Crippen LogP contribution in [0.4, 0.5) is 0 Å². The molecule has 0 bridgehead atoms. The molecule has 10 rings (SSSR count). The van der Waals surface area contributed by atoms with Crippen molar-refractivity contribution in [3.63, 3.8) is 0 Å². The quantitative estimate of drug-likeness (QED) is 0.108. The summed E-state index contributed by atoms with van der Waals surface area (Å²) in [6.45, 7) is 4.27. The van der Waals surface area contributed by atoms with E-state index in [1.54, 1.807) is 0 Å². The first-order chi connectivity index (χ1) is 30.6. The van der Waals surface area contributed by atoms with E-state index in [-0.39, 0.29) is 0 Å². The molecule has 62 heavy (non-hydrogen) atoms. The van der Waals surface area contributed by atoms with Gasteiger partial charge in [-0.3, -0.25) is 0 Å². The highest BCUT2D eigenvalue weighted by Crippen LogP contribution is 2.37. The SMILES string of the molecule is C/C(=C\C=C(/C)c1cccc2c1ccc1c(-c3ccc(-c4nc(-c5ccccc5)cc(-c5ccccc5)n4)cc3)cccc12)c1nc(-c2ccccc2)cc(-c2ccccc2)n1. The van der Waals surface area contributed by atoms with Crippen LogP contribution in [0.25, 0.3) is 100 Å². The van der Waals surface area contributed by atoms with E-state index < -0.39 is 0 Å². The minimum absolute atomic E-state index is 0.701. The van der Waals surface area contributed by atoms with Crippen LogP contribution in [0.3, 0.4) is 0 Å². The molecular weight excluding hydrogens is 753 g/mol. The van der Waals surface area contributed by atoms with Crippen LogP contribution in [0.15, 0.2) is 218 Å². The smallest absolute Gasteiger partial charge is 0.160 e. The van der Waals surface area contributed by atoms with Crippen LogP contribution in [0.2, 0.25) is 0 Å². The fourth-order valence-corrected chi connectivity index (χ4v) is 8.16. The number of nitrogens with zero attached hydrogens (tertiary/aromatic N) is 4. The summed E-state index contributed by atoms with van der Waals surface area (Å²) < 4.78 is 0. The van der Waals surface area contributed by atoms with Crippen LogP contribution in [0.5, 0.6) is 0 Å². The molecule has 0 fully saturated rings. The van der Waals surface area contributed by atoms with E-state index >= 15 is 0 Å². The first-order valence-electron chi connectivity index (χ1n) is 21.0. The monoisotopic (exact) mass is 794 g/mol. The van der Waals surface area contributed by atoms with E-state index in [4.69, 9.17) is 19.9 Å². The minimum Gasteiger partial charge on any atom is -0.228 e. The summed E-state index contributed by atoms with van der Waals surface area (Å²) in [5, 5.41) is 4.86. The molecule has 0 spiro atoms. The zero-order valence-electron chi connectivity index (χ0n) is 34.6. The summed E-state index contributed by atoms with van der Waals surface area (Å²) in [6.07, 6.45) is 4.33. The highest BCUT2D eigenvalue weighted by Gasteiger charge is 2.14. The predicted molar refractivity (Wildman–Crippen MR) is 259 cm³/mol. The number of hydrogen-bond acceptors (Lipinski definition) is 4. The third kappa shape index (κ3) is 7.74. The molecule has 0 saturated heterocycles. The molecule has 8 aromatic carbocycles. The third-order valence-electron chi connectivity index (χ3n) is 11.5. The molecule has 2 heterocycles. The van der Waals surface area contributed by atoms with Crippen molar-refractivity contribution in [2.75, 3.05) is 0 Å². The summed E-state index contributed by atoms with van der Waals surface area (Å²) >= 11 is 0. The van der Waals surface area contributed by atoms with E-state index in [0.29, 0.717) is 11.6 Å². The van der Waals surface area contributed by atoms with Gasteiger partial charge in [-0.25, -0.2) is 19.9 Å². The molecule has 0 unspecified atom stereocenters. The largest absolute Gasteiger partial charge is 0.228 e. The van der Waals surface area contributed by atoms with Gasteiger partial charge in [0, 0.05) is 27.8 Å². The first-order valence-corrected chi connectivity index (χ1v) is 21.0. The van der Waals surface area contributed by atoms with Gasteiger partial charge in [0.1, 0.15) is 0 Å². The van der Waals surface area contributed by atoms with Crippen molar-refractivity contribution < 1.29 is 0 Å². The van der Waals surface area contributed by atoms with Crippen molar-refractivity contribution in [3.8, 4) is 67.5 Å². The van der Waals surface area contributed by atoms with E-state index in [2.05, 4.69) is 159 Å². The molecule has 0 saturated carbocycles. The lowest BCUT2D eigenvalue weighted by molar-refractivity contribution is 1.12. The van der Waals surface area contributed by atoms with Gasteiger partial charge in [-0.1, -0.05) is 206 Å². The van der Waals surface area contributed by atoms with Gasteiger partial charge in [0.25, 0.3) is 0 Å². The Labute approximate surface area is 362 Å². The molecule has 2 aromatic heterocycles. The number of aromatic nitrogens is 4. The summed E-state index contributed by atoms with van der Waals surface area (Å²) in [5.74, 6) is 1.41. The molecule has 0 aliphatic rings. The van der Waals surface area contributed by atoms with E-state index in [9.17, 15) is 0 Å². The maximum Gasteiger partial charge on any atom is 0.160 e. The Morgan fingerprint density at radius 2 is 0.742 bits per heavy atom. The number of allylic oxidation sites excluding steroid dienone is 4. The second kappa shape index (κ2) is 16.9. The highest BCUT2D eigenvalue weighted by atomic mass is 14.9. The zero-order valence-corrected chi connectivity index (χ0v) is 34.6. The Kier molecular flexibility index (Phi) is 10.4. The van der Waals surface area contributed by atoms with Gasteiger partial charge >= 0.3 is 0 Å². The van der Waals surface area contributed by atoms with Gasteiger partial charge < -0.3 is 0 Å². The second-order valence-corrected chi connectivity index (χ2v) is 15.5. The lowest BCUT2D eigenvalue weighted by atomic mass is 9.91. The number of rotatable bonds is 9. The van der Waals surface area contributed by atoms with Crippen molar-refractivity contribution in [2.24, 2.45) is 0 Å². The average molecular weight is 795 g/mol. The molecule has 0 atom stereocenters. The Morgan fingerprint density at radius 3 is 1.26 bits per heavy atom. The van der Waals surface area contributed by atoms with Crippen molar-refractivity contribution in [1.82, 2.24) is 19.9 Å². The average Bonchev–Trinajstić information content (AvgIpc) is 3.36. The molecule has 4 heteroatoms. The van der Waals surface area contributed by atoms with Gasteiger partial charge in [-0.05, 0) is 75.4 Å². The summed E-state index contributed by atoms with van der Waals surface area (Å²) in [7, 11) is 0. The van der Waals surface area contributed by atoms with Crippen molar-refractivity contribution in [2.45, 2.75) is 13.8 Å². The molecule has 0 N–H and O–H groups in total. The molecule has 0 amide bonds. The molecule has 0 aliphatic carbocycles. The Balaban J connectivity index is 0.975. The highest BCUT2D eigenvalue weighted by molar-refractivity contribution is 6.14. The standard InChI is InChI=1S/C58H42N4/c1-39(29-30-40(2)57-59-53(42-17-7-3-8-18-42)37-54(60-57)43-19-9-4-10-20-43)47-25-15-27-49-50-28-16-26-48(52(50)36-35-51(47)49)41-31-33-46(34-32-41)58-61-55(44-21-11-5-12-22-44)38-56(62-58)45-23-13-6-14-24-45/h3-38H,1-2H3/b39-29+,40-30+. The van der Waals surface area contributed by atoms with Gasteiger partial charge in [0.05, 0.1) is 22.8 Å². The van der Waals surface area contributed by atoms with Crippen LogP contribution in [0.1, 0.15) is 25.2 Å². The minimum atomic E-state index is 0.701. The maximum atomic E-state index is 5.05. The fourth-order valence-electron chi connectivity index (χ4n) is 8.16. The summed E-state index contributed by atoms with van der Waals surface area (Å²) in [5.41, 5.74) is 14.5. The van der Waals surface area contributed by atoms with Gasteiger partial charge in [-0.2, -0.15) is 0 Å². The van der Waals surface area contributed by atoms with Crippen molar-refractivity contribution >= 4 is 32.7 Å².